The Morgan fingerprint density at radius 3 is 3.15 bits per heavy atom. The van der Waals surface area contributed by atoms with Crippen LogP contribution < -0.4 is 5.32 Å². The van der Waals surface area contributed by atoms with Crippen molar-refractivity contribution in [3.63, 3.8) is 0 Å². The second-order valence-corrected chi connectivity index (χ2v) is 3.57. The fraction of sp³-hybridized carbons (Fsp3) is 0.571. The first-order valence-electron chi connectivity index (χ1n) is 3.90. The van der Waals surface area contributed by atoms with Crippen molar-refractivity contribution in [2.75, 3.05) is 13.2 Å². The lowest BCUT2D eigenvalue weighted by Gasteiger charge is -2.07. The van der Waals surface area contributed by atoms with Gasteiger partial charge < -0.3 is 10.4 Å². The van der Waals surface area contributed by atoms with Gasteiger partial charge in [-0.3, -0.25) is 4.79 Å². The summed E-state index contributed by atoms with van der Waals surface area (Å²) < 4.78 is 3.57. The van der Waals surface area contributed by atoms with E-state index in [1.165, 1.54) is 6.20 Å². The van der Waals surface area contributed by atoms with Crippen LogP contribution in [0, 0.1) is 5.92 Å². The number of aliphatic hydroxyl groups is 1. The van der Waals surface area contributed by atoms with E-state index in [0.29, 0.717) is 11.4 Å². The molecule has 0 saturated heterocycles. The summed E-state index contributed by atoms with van der Waals surface area (Å²) in [6.45, 7) is 2.39. The van der Waals surface area contributed by atoms with E-state index in [4.69, 9.17) is 5.11 Å². The number of rotatable bonds is 4. The molecule has 0 bridgehead atoms. The maximum Gasteiger partial charge on any atom is 0.264 e. The number of nitrogens with one attached hydrogen (secondary N) is 1. The van der Waals surface area contributed by atoms with E-state index < -0.39 is 0 Å². The number of amides is 1. The molecule has 0 radical (unpaired) electrons. The monoisotopic (exact) mass is 201 g/mol. The van der Waals surface area contributed by atoms with Gasteiger partial charge >= 0.3 is 0 Å². The van der Waals surface area contributed by atoms with Crippen LogP contribution in [-0.4, -0.2) is 33.8 Å². The second kappa shape index (κ2) is 4.88. The standard InChI is InChI=1S/C7H11N3O2S/c1-5(4-11)2-8-7(12)6-3-9-10-13-6/h3,5,11H,2,4H2,1H3,(H,8,12). The molecule has 1 aromatic heterocycles. The SMILES string of the molecule is CC(CO)CNC(=O)c1cnns1. The molecule has 6 heteroatoms. The zero-order valence-electron chi connectivity index (χ0n) is 7.23. The molecule has 1 atom stereocenters. The predicted octanol–water partition coefficient (Wildman–Crippen LogP) is -0.104. The molecular weight excluding hydrogens is 190 g/mol. The molecule has 72 valence electrons. The van der Waals surface area contributed by atoms with Crippen molar-refractivity contribution in [3.05, 3.63) is 11.1 Å². The molecule has 0 aliphatic rings. The topological polar surface area (TPSA) is 75.1 Å². The average molecular weight is 201 g/mol. The van der Waals surface area contributed by atoms with E-state index in [9.17, 15) is 4.79 Å². The van der Waals surface area contributed by atoms with Crippen molar-refractivity contribution in [2.24, 2.45) is 5.92 Å². The Balaban J connectivity index is 2.35. The lowest BCUT2D eigenvalue weighted by molar-refractivity contribution is 0.0946. The van der Waals surface area contributed by atoms with E-state index in [-0.39, 0.29) is 18.4 Å². The van der Waals surface area contributed by atoms with Crippen LogP contribution in [0.1, 0.15) is 16.6 Å². The highest BCUT2D eigenvalue weighted by atomic mass is 32.1. The van der Waals surface area contributed by atoms with Gasteiger partial charge in [-0.05, 0) is 17.5 Å². The van der Waals surface area contributed by atoms with Crippen LogP contribution in [-0.2, 0) is 0 Å². The van der Waals surface area contributed by atoms with E-state index in [0.717, 1.165) is 11.5 Å². The maximum atomic E-state index is 11.3. The van der Waals surface area contributed by atoms with Crippen molar-refractivity contribution < 1.29 is 9.90 Å². The van der Waals surface area contributed by atoms with Crippen LogP contribution >= 0.6 is 11.5 Å². The highest BCUT2D eigenvalue weighted by molar-refractivity contribution is 7.07. The van der Waals surface area contributed by atoms with Gasteiger partial charge in [-0.15, -0.1) is 5.10 Å². The molecule has 1 unspecified atom stereocenters. The zero-order valence-corrected chi connectivity index (χ0v) is 8.04. The van der Waals surface area contributed by atoms with Gasteiger partial charge in [0.1, 0.15) is 4.88 Å². The maximum absolute atomic E-state index is 11.3. The fourth-order valence-corrected chi connectivity index (χ4v) is 1.12. The van der Waals surface area contributed by atoms with Crippen molar-refractivity contribution in [1.29, 1.82) is 0 Å². The molecule has 0 aliphatic heterocycles. The quantitative estimate of drug-likeness (QED) is 0.713. The van der Waals surface area contributed by atoms with Crippen LogP contribution in [0.15, 0.2) is 6.20 Å². The van der Waals surface area contributed by atoms with Gasteiger partial charge in [-0.1, -0.05) is 11.4 Å². The molecule has 0 spiro atoms. The van der Waals surface area contributed by atoms with Crippen LogP contribution in [0.4, 0.5) is 0 Å². The number of hydrogen-bond donors (Lipinski definition) is 2. The van der Waals surface area contributed by atoms with Gasteiger partial charge in [-0.2, -0.15) is 0 Å². The average Bonchev–Trinajstić information content (AvgIpc) is 2.66. The Hall–Kier alpha value is -1.01. The summed E-state index contributed by atoms with van der Waals surface area (Å²) in [6.07, 6.45) is 1.42. The van der Waals surface area contributed by atoms with Crippen LogP contribution in [0.25, 0.3) is 0 Å². The predicted molar refractivity (Wildman–Crippen MR) is 48.5 cm³/mol. The van der Waals surface area contributed by atoms with Gasteiger partial charge in [0, 0.05) is 13.2 Å². The summed E-state index contributed by atoms with van der Waals surface area (Å²) in [6, 6.07) is 0. The summed E-state index contributed by atoms with van der Waals surface area (Å²) in [5.41, 5.74) is 0. The Morgan fingerprint density at radius 2 is 2.62 bits per heavy atom. The lowest BCUT2D eigenvalue weighted by atomic mass is 10.2. The van der Waals surface area contributed by atoms with E-state index >= 15 is 0 Å². The Kier molecular flexibility index (Phi) is 3.78. The summed E-state index contributed by atoms with van der Waals surface area (Å²) in [5.74, 6) is -0.111. The number of carbonyl (C=O) groups excluding carboxylic acids is 1. The minimum absolute atomic E-state index is 0.0707. The first-order chi connectivity index (χ1) is 6.24. The first-order valence-corrected chi connectivity index (χ1v) is 4.67. The highest BCUT2D eigenvalue weighted by Crippen LogP contribution is 2.01. The third kappa shape index (κ3) is 3.08. The molecule has 2 N–H and O–H groups in total. The molecule has 1 heterocycles. The van der Waals surface area contributed by atoms with Crippen molar-refractivity contribution in [1.82, 2.24) is 14.9 Å². The lowest BCUT2D eigenvalue weighted by Crippen LogP contribution is -2.28. The second-order valence-electron chi connectivity index (χ2n) is 2.78. The Morgan fingerprint density at radius 1 is 1.85 bits per heavy atom. The molecule has 0 aromatic carbocycles. The van der Waals surface area contributed by atoms with E-state index in [2.05, 4.69) is 14.9 Å². The van der Waals surface area contributed by atoms with Gasteiger partial charge in [0.25, 0.3) is 5.91 Å². The molecular formula is C7H11N3O2S. The number of carbonyl (C=O) groups is 1. The largest absolute Gasteiger partial charge is 0.396 e. The van der Waals surface area contributed by atoms with Crippen molar-refractivity contribution in [3.8, 4) is 0 Å². The first kappa shape index (κ1) is 10.1. The van der Waals surface area contributed by atoms with Gasteiger partial charge in [0.15, 0.2) is 0 Å². The molecule has 5 nitrogen and oxygen atoms in total. The van der Waals surface area contributed by atoms with Gasteiger partial charge in [0.2, 0.25) is 0 Å². The van der Waals surface area contributed by atoms with Crippen LogP contribution in [0.3, 0.4) is 0 Å². The number of hydrogen-bond acceptors (Lipinski definition) is 5. The number of nitrogens with zero attached hydrogens (tertiary/aromatic N) is 2. The Labute approximate surface area is 80.0 Å². The smallest absolute Gasteiger partial charge is 0.264 e. The number of aliphatic hydroxyl groups excluding tert-OH is 1. The summed E-state index contributed by atoms with van der Waals surface area (Å²) >= 11 is 1.05. The summed E-state index contributed by atoms with van der Waals surface area (Å²) in [4.78, 5) is 11.8. The summed E-state index contributed by atoms with van der Waals surface area (Å²) in [5, 5.41) is 14.9. The van der Waals surface area contributed by atoms with Gasteiger partial charge in [-0.25, -0.2) is 0 Å². The number of aromatic nitrogens is 2. The molecule has 0 fully saturated rings. The third-order valence-corrected chi connectivity index (χ3v) is 2.17. The normalized spacial score (nSPS) is 12.5. The molecule has 1 rings (SSSR count). The highest BCUT2D eigenvalue weighted by Gasteiger charge is 2.08. The minimum Gasteiger partial charge on any atom is -0.396 e. The van der Waals surface area contributed by atoms with Crippen LogP contribution in [0.2, 0.25) is 0 Å². The molecule has 0 saturated carbocycles. The Bertz CT molecular complexity index is 263. The third-order valence-electron chi connectivity index (χ3n) is 1.51. The fourth-order valence-electron chi connectivity index (χ4n) is 0.686. The van der Waals surface area contributed by atoms with E-state index in [1.54, 1.807) is 0 Å². The summed E-state index contributed by atoms with van der Waals surface area (Å²) in [7, 11) is 0. The molecule has 1 amide bonds. The molecule has 1 aromatic rings. The van der Waals surface area contributed by atoms with E-state index in [1.807, 2.05) is 6.92 Å². The zero-order chi connectivity index (χ0) is 9.68. The van der Waals surface area contributed by atoms with Crippen molar-refractivity contribution >= 4 is 17.4 Å². The van der Waals surface area contributed by atoms with Crippen molar-refractivity contribution in [2.45, 2.75) is 6.92 Å². The minimum atomic E-state index is -0.185. The van der Waals surface area contributed by atoms with Crippen LogP contribution in [0.5, 0.6) is 0 Å². The molecule has 13 heavy (non-hydrogen) atoms. The molecule has 0 aliphatic carbocycles. The van der Waals surface area contributed by atoms with Gasteiger partial charge in [0.05, 0.1) is 6.20 Å².